The van der Waals surface area contributed by atoms with E-state index in [1.807, 2.05) is 20.8 Å². The van der Waals surface area contributed by atoms with E-state index in [0.717, 1.165) is 18.4 Å². The van der Waals surface area contributed by atoms with E-state index in [1.165, 1.54) is 0 Å². The summed E-state index contributed by atoms with van der Waals surface area (Å²) in [5, 5.41) is 3.39. The quantitative estimate of drug-likeness (QED) is 0.671. The molecule has 0 saturated carbocycles. The van der Waals surface area contributed by atoms with Gasteiger partial charge >= 0.3 is 12.1 Å². The number of carbonyl (C=O) groups excluding carboxylic acids is 1. The first-order valence-electron chi connectivity index (χ1n) is 9.91. The van der Waals surface area contributed by atoms with Crippen molar-refractivity contribution < 1.29 is 27.2 Å². The van der Waals surface area contributed by atoms with Crippen molar-refractivity contribution in [1.29, 1.82) is 0 Å². The Balaban J connectivity index is 1.72. The molecule has 1 fully saturated rings. The van der Waals surface area contributed by atoms with Crippen LogP contribution in [0.3, 0.4) is 0 Å². The SMILES string of the molecule is CC(C)(C)CC(=O)N(Cc1ccc(-c2noc(C(F)(F)F)n2)cc1)CC1CCCO1. The van der Waals surface area contributed by atoms with Crippen LogP contribution in [0.15, 0.2) is 28.8 Å². The van der Waals surface area contributed by atoms with Gasteiger partial charge in [-0.25, -0.2) is 0 Å². The van der Waals surface area contributed by atoms with Crippen LogP contribution in [-0.4, -0.2) is 40.2 Å². The van der Waals surface area contributed by atoms with E-state index in [9.17, 15) is 18.0 Å². The molecule has 0 radical (unpaired) electrons. The second-order valence-electron chi connectivity index (χ2n) is 8.76. The lowest BCUT2D eigenvalue weighted by molar-refractivity contribution is -0.159. The number of carbonyl (C=O) groups is 1. The van der Waals surface area contributed by atoms with Gasteiger partial charge in [-0.1, -0.05) is 50.2 Å². The van der Waals surface area contributed by atoms with E-state index in [1.54, 1.807) is 29.2 Å². The van der Waals surface area contributed by atoms with Gasteiger partial charge in [-0.15, -0.1) is 0 Å². The smallest absolute Gasteiger partial charge is 0.376 e. The van der Waals surface area contributed by atoms with Crippen molar-refractivity contribution in [2.75, 3.05) is 13.2 Å². The van der Waals surface area contributed by atoms with Crippen molar-refractivity contribution in [2.45, 2.75) is 58.9 Å². The predicted octanol–water partition coefficient (Wildman–Crippen LogP) is 4.70. The summed E-state index contributed by atoms with van der Waals surface area (Å²) < 4.78 is 47.9. The molecular formula is C21H26F3N3O3. The van der Waals surface area contributed by atoms with Gasteiger partial charge in [0.15, 0.2) is 0 Å². The van der Waals surface area contributed by atoms with Crippen molar-refractivity contribution in [1.82, 2.24) is 15.0 Å². The van der Waals surface area contributed by atoms with Crippen LogP contribution in [0, 0.1) is 5.41 Å². The van der Waals surface area contributed by atoms with Gasteiger partial charge in [0.05, 0.1) is 6.10 Å². The number of rotatable bonds is 6. The zero-order valence-corrected chi connectivity index (χ0v) is 17.3. The molecule has 30 heavy (non-hydrogen) atoms. The van der Waals surface area contributed by atoms with Gasteiger partial charge in [-0.05, 0) is 23.8 Å². The minimum Gasteiger partial charge on any atom is -0.376 e. The number of halogens is 3. The van der Waals surface area contributed by atoms with E-state index in [-0.39, 0.29) is 23.3 Å². The van der Waals surface area contributed by atoms with Crippen LogP contribution in [0.25, 0.3) is 11.4 Å². The van der Waals surface area contributed by atoms with Crippen molar-refractivity contribution >= 4 is 5.91 Å². The number of ether oxygens (including phenoxy) is 1. The molecule has 1 aromatic heterocycles. The number of aromatic nitrogens is 2. The predicted molar refractivity (Wildman–Crippen MR) is 103 cm³/mol. The first-order chi connectivity index (χ1) is 14.0. The third-order valence-corrected chi connectivity index (χ3v) is 4.74. The monoisotopic (exact) mass is 425 g/mol. The Morgan fingerprint density at radius 3 is 2.43 bits per heavy atom. The van der Waals surface area contributed by atoms with E-state index in [0.29, 0.717) is 31.7 Å². The first kappa shape index (κ1) is 22.3. The molecular weight excluding hydrogens is 399 g/mol. The number of nitrogens with zero attached hydrogens (tertiary/aromatic N) is 3. The van der Waals surface area contributed by atoms with Crippen LogP contribution in [0.2, 0.25) is 0 Å². The van der Waals surface area contributed by atoms with Gasteiger partial charge in [0, 0.05) is 31.7 Å². The lowest BCUT2D eigenvalue weighted by atomic mass is 9.91. The van der Waals surface area contributed by atoms with E-state index < -0.39 is 12.1 Å². The Hall–Kier alpha value is -2.42. The molecule has 2 aromatic rings. The summed E-state index contributed by atoms with van der Waals surface area (Å²) >= 11 is 0. The fraction of sp³-hybridized carbons (Fsp3) is 0.571. The number of hydrogen-bond acceptors (Lipinski definition) is 5. The third-order valence-electron chi connectivity index (χ3n) is 4.74. The maximum Gasteiger partial charge on any atom is 0.471 e. The van der Waals surface area contributed by atoms with Gasteiger partial charge in [-0.3, -0.25) is 4.79 Å². The molecule has 1 saturated heterocycles. The van der Waals surface area contributed by atoms with Crippen molar-refractivity contribution in [3.05, 3.63) is 35.7 Å². The highest BCUT2D eigenvalue weighted by Gasteiger charge is 2.38. The van der Waals surface area contributed by atoms with E-state index >= 15 is 0 Å². The second-order valence-corrected chi connectivity index (χ2v) is 8.76. The molecule has 164 valence electrons. The summed E-state index contributed by atoms with van der Waals surface area (Å²) in [5.41, 5.74) is 1.13. The summed E-state index contributed by atoms with van der Waals surface area (Å²) in [7, 11) is 0. The average molecular weight is 425 g/mol. The van der Waals surface area contributed by atoms with Crippen LogP contribution >= 0.6 is 0 Å². The van der Waals surface area contributed by atoms with Crippen LogP contribution in [0.1, 0.15) is 51.5 Å². The third kappa shape index (κ3) is 6.04. The van der Waals surface area contributed by atoms with Gasteiger partial charge in [0.1, 0.15) is 0 Å². The molecule has 1 unspecified atom stereocenters. The Bertz CT molecular complexity index is 851. The molecule has 0 N–H and O–H groups in total. The molecule has 0 bridgehead atoms. The largest absolute Gasteiger partial charge is 0.471 e. The van der Waals surface area contributed by atoms with Crippen molar-refractivity contribution in [3.8, 4) is 11.4 Å². The lowest BCUT2D eigenvalue weighted by Gasteiger charge is -2.29. The minimum absolute atomic E-state index is 0.0355. The standard InChI is InChI=1S/C21H26F3N3O3/c1-20(2,3)11-17(28)27(13-16-5-4-10-29-16)12-14-6-8-15(9-7-14)18-25-19(30-26-18)21(22,23)24/h6-9,16H,4-5,10-13H2,1-3H3. The van der Waals surface area contributed by atoms with Gasteiger partial charge in [-0.2, -0.15) is 18.2 Å². The topological polar surface area (TPSA) is 68.5 Å². The van der Waals surface area contributed by atoms with Crippen molar-refractivity contribution in [2.24, 2.45) is 5.41 Å². The summed E-state index contributed by atoms with van der Waals surface area (Å²) in [6.07, 6.45) is -2.31. The molecule has 1 aliphatic heterocycles. The van der Waals surface area contributed by atoms with Crippen molar-refractivity contribution in [3.63, 3.8) is 0 Å². The number of amides is 1. The zero-order chi connectivity index (χ0) is 21.9. The van der Waals surface area contributed by atoms with Crippen LogP contribution in [0.5, 0.6) is 0 Å². The second kappa shape index (κ2) is 8.75. The maximum absolute atomic E-state index is 12.9. The number of benzene rings is 1. The van der Waals surface area contributed by atoms with Crippen LogP contribution in [-0.2, 0) is 22.3 Å². The average Bonchev–Trinajstić information content (AvgIpc) is 3.32. The number of alkyl halides is 3. The molecule has 9 heteroatoms. The van der Waals surface area contributed by atoms with Crippen LogP contribution in [0.4, 0.5) is 13.2 Å². The highest BCUT2D eigenvalue weighted by atomic mass is 19.4. The summed E-state index contributed by atoms with van der Waals surface area (Å²) in [5.74, 6) is -1.46. The highest BCUT2D eigenvalue weighted by Crippen LogP contribution is 2.29. The molecule has 1 aromatic carbocycles. The summed E-state index contributed by atoms with van der Waals surface area (Å²) in [4.78, 5) is 18.1. The normalized spacial score (nSPS) is 17.3. The first-order valence-corrected chi connectivity index (χ1v) is 9.91. The fourth-order valence-corrected chi connectivity index (χ4v) is 3.29. The molecule has 1 amide bonds. The molecule has 3 rings (SSSR count). The highest BCUT2D eigenvalue weighted by molar-refractivity contribution is 5.77. The summed E-state index contributed by atoms with van der Waals surface area (Å²) in [6.45, 7) is 7.69. The Morgan fingerprint density at radius 2 is 1.90 bits per heavy atom. The molecule has 0 spiro atoms. The molecule has 1 atom stereocenters. The van der Waals surface area contributed by atoms with E-state index in [2.05, 4.69) is 14.7 Å². The van der Waals surface area contributed by atoms with Gasteiger partial charge < -0.3 is 14.2 Å². The fourth-order valence-electron chi connectivity index (χ4n) is 3.29. The zero-order valence-electron chi connectivity index (χ0n) is 17.3. The molecule has 2 heterocycles. The van der Waals surface area contributed by atoms with Gasteiger partial charge in [0.2, 0.25) is 11.7 Å². The van der Waals surface area contributed by atoms with Gasteiger partial charge in [0.25, 0.3) is 0 Å². The molecule has 6 nitrogen and oxygen atoms in total. The maximum atomic E-state index is 12.9. The van der Waals surface area contributed by atoms with E-state index in [4.69, 9.17) is 4.74 Å². The van der Waals surface area contributed by atoms with Crippen LogP contribution < -0.4 is 0 Å². The Labute approximate surface area is 173 Å². The molecule has 1 aliphatic rings. The Morgan fingerprint density at radius 1 is 1.20 bits per heavy atom. The number of hydrogen-bond donors (Lipinski definition) is 0. The summed E-state index contributed by atoms with van der Waals surface area (Å²) in [6, 6.07) is 6.76. The minimum atomic E-state index is -4.68. The Kier molecular flexibility index (Phi) is 6.50. The lowest BCUT2D eigenvalue weighted by Crippen LogP contribution is -2.38. The molecule has 0 aliphatic carbocycles.